The fourth-order valence-electron chi connectivity index (χ4n) is 1.46. The van der Waals surface area contributed by atoms with Crippen molar-refractivity contribution >= 4 is 5.69 Å². The SMILES string of the molecule is Oc1ccc(NCc2ccccc2F)cc1F. The summed E-state index contributed by atoms with van der Waals surface area (Å²) in [5.41, 5.74) is 0.990. The molecular weight excluding hydrogens is 224 g/mol. The van der Waals surface area contributed by atoms with Gasteiger partial charge in [0.1, 0.15) is 5.82 Å². The average molecular weight is 235 g/mol. The van der Waals surface area contributed by atoms with Crippen molar-refractivity contribution in [2.45, 2.75) is 6.54 Å². The zero-order chi connectivity index (χ0) is 12.3. The van der Waals surface area contributed by atoms with Crippen LogP contribution in [0.5, 0.6) is 5.75 Å². The first-order valence-electron chi connectivity index (χ1n) is 5.12. The number of hydrogen-bond acceptors (Lipinski definition) is 2. The molecule has 0 aromatic heterocycles. The molecule has 4 heteroatoms. The third kappa shape index (κ3) is 2.72. The smallest absolute Gasteiger partial charge is 0.166 e. The summed E-state index contributed by atoms with van der Waals surface area (Å²) in [5.74, 6) is -1.41. The molecule has 88 valence electrons. The van der Waals surface area contributed by atoms with Crippen molar-refractivity contribution in [1.29, 1.82) is 0 Å². The number of phenolic OH excluding ortho intramolecular Hbond substituents is 1. The van der Waals surface area contributed by atoms with Crippen LogP contribution >= 0.6 is 0 Å². The minimum atomic E-state index is -0.705. The Kier molecular flexibility index (Phi) is 3.23. The molecule has 0 bridgehead atoms. The van der Waals surface area contributed by atoms with Gasteiger partial charge in [-0.2, -0.15) is 0 Å². The van der Waals surface area contributed by atoms with Gasteiger partial charge in [0.15, 0.2) is 11.6 Å². The molecule has 2 aromatic carbocycles. The van der Waals surface area contributed by atoms with Gasteiger partial charge in [0.05, 0.1) is 0 Å². The number of halogens is 2. The maximum absolute atomic E-state index is 13.3. The molecule has 17 heavy (non-hydrogen) atoms. The second-order valence-electron chi connectivity index (χ2n) is 3.61. The Hall–Kier alpha value is -2.10. The molecule has 2 N–H and O–H groups in total. The number of hydrogen-bond donors (Lipinski definition) is 2. The third-order valence-corrected chi connectivity index (χ3v) is 2.39. The van der Waals surface area contributed by atoms with Crippen LogP contribution in [-0.4, -0.2) is 5.11 Å². The highest BCUT2D eigenvalue weighted by atomic mass is 19.1. The standard InChI is InChI=1S/C13H11F2NO/c14-11-4-2-1-3-9(11)8-16-10-5-6-13(17)12(15)7-10/h1-7,16-17H,8H2. The van der Waals surface area contributed by atoms with Crippen molar-refractivity contribution in [2.75, 3.05) is 5.32 Å². The molecule has 2 nitrogen and oxygen atoms in total. The fourth-order valence-corrected chi connectivity index (χ4v) is 1.46. The number of phenols is 1. The van der Waals surface area contributed by atoms with E-state index >= 15 is 0 Å². The molecule has 2 aromatic rings. The van der Waals surface area contributed by atoms with Crippen LogP contribution in [0.1, 0.15) is 5.56 Å². The second-order valence-corrected chi connectivity index (χ2v) is 3.61. The Morgan fingerprint density at radius 1 is 1.00 bits per heavy atom. The van der Waals surface area contributed by atoms with Gasteiger partial charge in [0.25, 0.3) is 0 Å². The molecule has 0 aliphatic heterocycles. The van der Waals surface area contributed by atoms with Gasteiger partial charge in [0.2, 0.25) is 0 Å². The van der Waals surface area contributed by atoms with Gasteiger partial charge in [-0.1, -0.05) is 18.2 Å². The second kappa shape index (κ2) is 4.82. The van der Waals surface area contributed by atoms with E-state index in [0.717, 1.165) is 6.07 Å². The minimum absolute atomic E-state index is 0.261. The van der Waals surface area contributed by atoms with Crippen molar-refractivity contribution in [3.8, 4) is 5.75 Å². The van der Waals surface area contributed by atoms with Crippen molar-refractivity contribution in [2.24, 2.45) is 0 Å². The lowest BCUT2D eigenvalue weighted by atomic mass is 10.2. The molecule has 0 radical (unpaired) electrons. The van der Waals surface area contributed by atoms with Crippen molar-refractivity contribution in [1.82, 2.24) is 0 Å². The van der Waals surface area contributed by atoms with Gasteiger partial charge in [-0.15, -0.1) is 0 Å². The molecule has 0 spiro atoms. The summed E-state index contributed by atoms with van der Waals surface area (Å²) >= 11 is 0. The fraction of sp³-hybridized carbons (Fsp3) is 0.0769. The van der Waals surface area contributed by atoms with Crippen molar-refractivity contribution in [3.63, 3.8) is 0 Å². The van der Waals surface area contributed by atoms with E-state index in [1.54, 1.807) is 18.2 Å². The largest absolute Gasteiger partial charge is 0.505 e. The number of rotatable bonds is 3. The maximum atomic E-state index is 13.3. The lowest BCUT2D eigenvalue weighted by molar-refractivity contribution is 0.432. The topological polar surface area (TPSA) is 32.3 Å². The van der Waals surface area contributed by atoms with E-state index in [1.807, 2.05) is 0 Å². The van der Waals surface area contributed by atoms with E-state index in [1.165, 1.54) is 18.2 Å². The molecule has 0 aliphatic rings. The van der Waals surface area contributed by atoms with Gasteiger partial charge >= 0.3 is 0 Å². The van der Waals surface area contributed by atoms with E-state index in [4.69, 9.17) is 5.11 Å². The lowest BCUT2D eigenvalue weighted by Crippen LogP contribution is -2.01. The quantitative estimate of drug-likeness (QED) is 0.800. The monoisotopic (exact) mass is 235 g/mol. The van der Waals surface area contributed by atoms with Crippen LogP contribution < -0.4 is 5.32 Å². The van der Waals surface area contributed by atoms with Gasteiger partial charge in [-0.25, -0.2) is 8.78 Å². The lowest BCUT2D eigenvalue weighted by Gasteiger charge is -2.07. The van der Waals surface area contributed by atoms with Crippen LogP contribution in [0.15, 0.2) is 42.5 Å². The van der Waals surface area contributed by atoms with E-state index < -0.39 is 11.6 Å². The minimum Gasteiger partial charge on any atom is -0.505 e. The first-order valence-corrected chi connectivity index (χ1v) is 5.12. The molecule has 0 fully saturated rings. The Labute approximate surface area is 97.5 Å². The molecule has 2 rings (SSSR count). The third-order valence-electron chi connectivity index (χ3n) is 2.39. The number of anilines is 1. The molecule has 0 aliphatic carbocycles. The summed E-state index contributed by atoms with van der Waals surface area (Å²) in [7, 11) is 0. The number of aromatic hydroxyl groups is 1. The van der Waals surface area contributed by atoms with E-state index in [-0.39, 0.29) is 12.4 Å². The summed E-state index contributed by atoms with van der Waals surface area (Å²) in [4.78, 5) is 0. The highest BCUT2D eigenvalue weighted by Gasteiger charge is 2.03. The highest BCUT2D eigenvalue weighted by Crippen LogP contribution is 2.20. The van der Waals surface area contributed by atoms with Gasteiger partial charge in [-0.3, -0.25) is 0 Å². The summed E-state index contributed by atoms with van der Waals surface area (Å²) in [6.07, 6.45) is 0. The molecule has 0 unspecified atom stereocenters. The van der Waals surface area contributed by atoms with Gasteiger partial charge in [-0.05, 0) is 18.2 Å². The Morgan fingerprint density at radius 3 is 2.47 bits per heavy atom. The Bertz CT molecular complexity index is 529. The van der Waals surface area contributed by atoms with E-state index in [2.05, 4.69) is 5.32 Å². The molecule has 0 saturated carbocycles. The van der Waals surface area contributed by atoms with Crippen LogP contribution in [0.2, 0.25) is 0 Å². The van der Waals surface area contributed by atoms with Crippen LogP contribution in [0, 0.1) is 11.6 Å². The highest BCUT2D eigenvalue weighted by molar-refractivity contribution is 5.47. The maximum Gasteiger partial charge on any atom is 0.166 e. The van der Waals surface area contributed by atoms with Crippen LogP contribution in [-0.2, 0) is 6.54 Å². The first kappa shape index (κ1) is 11.4. The molecule has 0 amide bonds. The predicted molar refractivity (Wildman–Crippen MR) is 61.8 cm³/mol. The average Bonchev–Trinajstić information content (AvgIpc) is 2.32. The van der Waals surface area contributed by atoms with E-state index in [9.17, 15) is 8.78 Å². The Morgan fingerprint density at radius 2 is 1.76 bits per heavy atom. The van der Waals surface area contributed by atoms with Crippen molar-refractivity contribution < 1.29 is 13.9 Å². The zero-order valence-electron chi connectivity index (χ0n) is 8.95. The van der Waals surface area contributed by atoms with Gasteiger partial charge in [0, 0.05) is 23.9 Å². The molecular formula is C13H11F2NO. The summed E-state index contributed by atoms with van der Waals surface area (Å²) in [6.45, 7) is 0.261. The molecule has 0 heterocycles. The molecule has 0 saturated heterocycles. The first-order chi connectivity index (χ1) is 8.16. The molecule has 0 atom stereocenters. The van der Waals surface area contributed by atoms with Crippen LogP contribution in [0.3, 0.4) is 0 Å². The van der Waals surface area contributed by atoms with Gasteiger partial charge < -0.3 is 10.4 Å². The summed E-state index contributed by atoms with van der Waals surface area (Å²) in [6, 6.07) is 10.3. The van der Waals surface area contributed by atoms with E-state index in [0.29, 0.717) is 11.3 Å². The summed E-state index contributed by atoms with van der Waals surface area (Å²) in [5, 5.41) is 11.9. The van der Waals surface area contributed by atoms with Crippen LogP contribution in [0.4, 0.5) is 14.5 Å². The predicted octanol–water partition coefficient (Wildman–Crippen LogP) is 3.28. The normalized spacial score (nSPS) is 10.2. The van der Waals surface area contributed by atoms with Crippen LogP contribution in [0.25, 0.3) is 0 Å². The summed E-state index contributed by atoms with van der Waals surface area (Å²) < 4.78 is 26.3. The number of benzene rings is 2. The Balaban J connectivity index is 2.08. The van der Waals surface area contributed by atoms with Crippen molar-refractivity contribution in [3.05, 3.63) is 59.7 Å². The zero-order valence-corrected chi connectivity index (χ0v) is 8.95. The number of nitrogens with one attached hydrogen (secondary N) is 1.